The summed E-state index contributed by atoms with van der Waals surface area (Å²) in [5.41, 5.74) is -0.381. The highest BCUT2D eigenvalue weighted by atomic mass is 16.6. The quantitative estimate of drug-likeness (QED) is 0.787. The molecule has 0 atom stereocenters. The highest BCUT2D eigenvalue weighted by molar-refractivity contribution is 5.68. The molecule has 0 bridgehead atoms. The van der Waals surface area contributed by atoms with Gasteiger partial charge in [-0.15, -0.1) is 0 Å². The van der Waals surface area contributed by atoms with Crippen LogP contribution in [0.1, 0.15) is 46.5 Å². The SMILES string of the molecule is CC(C)(C)OC(=O)N1CCC([NH2+]C2CC2)CC1. The molecule has 2 N–H and O–H groups in total. The third-order valence-corrected chi connectivity index (χ3v) is 3.36. The number of carbonyl (C=O) groups excluding carboxylic acids is 1. The highest BCUT2D eigenvalue weighted by Crippen LogP contribution is 2.17. The first-order valence-electron chi connectivity index (χ1n) is 6.77. The second-order valence-electron chi connectivity index (χ2n) is 6.33. The number of likely N-dealkylation sites (tertiary alicyclic amines) is 1. The van der Waals surface area contributed by atoms with Crippen LogP contribution in [0.3, 0.4) is 0 Å². The fraction of sp³-hybridized carbons (Fsp3) is 0.923. The van der Waals surface area contributed by atoms with Crippen molar-refractivity contribution in [3.63, 3.8) is 0 Å². The molecular weight excluding hydrogens is 216 g/mol. The second kappa shape index (κ2) is 4.84. The summed E-state index contributed by atoms with van der Waals surface area (Å²) < 4.78 is 5.38. The van der Waals surface area contributed by atoms with E-state index in [-0.39, 0.29) is 11.7 Å². The van der Waals surface area contributed by atoms with Gasteiger partial charge in [-0.2, -0.15) is 0 Å². The normalized spacial score (nSPS) is 22.6. The van der Waals surface area contributed by atoms with Gasteiger partial charge < -0.3 is 15.0 Å². The number of hydrogen-bond donors (Lipinski definition) is 1. The molecule has 0 aromatic carbocycles. The topological polar surface area (TPSA) is 46.1 Å². The molecule has 1 heterocycles. The molecule has 98 valence electrons. The Hall–Kier alpha value is -0.770. The Balaban J connectivity index is 1.72. The molecule has 2 fully saturated rings. The Bertz CT molecular complexity index is 274. The molecule has 0 aromatic rings. The van der Waals surface area contributed by atoms with Crippen molar-refractivity contribution in [1.29, 1.82) is 0 Å². The van der Waals surface area contributed by atoms with Crippen LogP contribution in [0.15, 0.2) is 0 Å². The van der Waals surface area contributed by atoms with Gasteiger partial charge in [0.05, 0.1) is 12.1 Å². The van der Waals surface area contributed by atoms with Crippen molar-refractivity contribution in [1.82, 2.24) is 4.90 Å². The number of quaternary nitrogens is 1. The Labute approximate surface area is 104 Å². The van der Waals surface area contributed by atoms with Crippen LogP contribution in [0.4, 0.5) is 4.79 Å². The minimum Gasteiger partial charge on any atom is -0.444 e. The maximum absolute atomic E-state index is 11.8. The van der Waals surface area contributed by atoms with Gasteiger partial charge in [0.15, 0.2) is 0 Å². The number of amides is 1. The van der Waals surface area contributed by atoms with Gasteiger partial charge in [0, 0.05) is 38.8 Å². The first-order chi connectivity index (χ1) is 7.94. The van der Waals surface area contributed by atoms with E-state index >= 15 is 0 Å². The highest BCUT2D eigenvalue weighted by Gasteiger charge is 2.33. The van der Waals surface area contributed by atoms with Crippen molar-refractivity contribution in [2.75, 3.05) is 13.1 Å². The first kappa shape index (κ1) is 12.7. The van der Waals surface area contributed by atoms with Gasteiger partial charge in [0.1, 0.15) is 5.60 Å². The maximum atomic E-state index is 11.8. The summed E-state index contributed by atoms with van der Waals surface area (Å²) in [4.78, 5) is 13.7. The molecule has 1 amide bonds. The number of carbonyl (C=O) groups is 1. The van der Waals surface area contributed by atoms with Gasteiger partial charge in [0.2, 0.25) is 0 Å². The summed E-state index contributed by atoms with van der Waals surface area (Å²) in [5, 5.41) is 2.51. The monoisotopic (exact) mass is 241 g/mol. The number of nitrogens with zero attached hydrogens (tertiary/aromatic N) is 1. The maximum Gasteiger partial charge on any atom is 0.410 e. The molecule has 1 aliphatic carbocycles. The van der Waals surface area contributed by atoms with Gasteiger partial charge in [-0.25, -0.2) is 4.79 Å². The van der Waals surface area contributed by atoms with Crippen molar-refractivity contribution in [2.24, 2.45) is 0 Å². The first-order valence-corrected chi connectivity index (χ1v) is 6.77. The molecule has 2 aliphatic rings. The molecule has 1 saturated carbocycles. The van der Waals surface area contributed by atoms with E-state index in [2.05, 4.69) is 5.32 Å². The summed E-state index contributed by atoms with van der Waals surface area (Å²) in [7, 11) is 0. The van der Waals surface area contributed by atoms with Crippen molar-refractivity contribution in [3.05, 3.63) is 0 Å². The number of rotatable bonds is 2. The van der Waals surface area contributed by atoms with E-state index in [1.54, 1.807) is 0 Å². The standard InChI is InChI=1S/C13H24N2O2/c1-13(2,3)17-12(16)15-8-6-11(7-9-15)14-10-4-5-10/h10-11,14H,4-9H2,1-3H3/p+1. The Kier molecular flexibility index (Phi) is 3.61. The molecule has 4 nitrogen and oxygen atoms in total. The average Bonchev–Trinajstić information content (AvgIpc) is 3.00. The van der Waals surface area contributed by atoms with Gasteiger partial charge in [-0.1, -0.05) is 0 Å². The van der Waals surface area contributed by atoms with E-state index < -0.39 is 0 Å². The molecule has 17 heavy (non-hydrogen) atoms. The number of nitrogens with two attached hydrogens (primary N) is 1. The number of hydrogen-bond acceptors (Lipinski definition) is 2. The number of piperidine rings is 1. The van der Waals surface area contributed by atoms with Crippen LogP contribution in [0, 0.1) is 0 Å². The molecule has 0 aromatic heterocycles. The van der Waals surface area contributed by atoms with E-state index in [0.29, 0.717) is 0 Å². The summed E-state index contributed by atoms with van der Waals surface area (Å²) in [5.74, 6) is 0. The summed E-state index contributed by atoms with van der Waals surface area (Å²) >= 11 is 0. The average molecular weight is 241 g/mol. The fourth-order valence-corrected chi connectivity index (χ4v) is 2.27. The zero-order valence-corrected chi connectivity index (χ0v) is 11.2. The van der Waals surface area contributed by atoms with Crippen molar-refractivity contribution in [3.8, 4) is 0 Å². The van der Waals surface area contributed by atoms with E-state index in [0.717, 1.165) is 38.0 Å². The zero-order chi connectivity index (χ0) is 12.5. The molecule has 0 radical (unpaired) electrons. The van der Waals surface area contributed by atoms with Crippen LogP contribution in [0.5, 0.6) is 0 Å². The van der Waals surface area contributed by atoms with Crippen molar-refractivity contribution in [2.45, 2.75) is 64.1 Å². The van der Waals surface area contributed by atoms with Gasteiger partial charge >= 0.3 is 6.09 Å². The molecule has 0 spiro atoms. The zero-order valence-electron chi connectivity index (χ0n) is 11.2. The molecule has 1 saturated heterocycles. The van der Waals surface area contributed by atoms with Crippen LogP contribution in [-0.2, 0) is 4.74 Å². The van der Waals surface area contributed by atoms with Crippen LogP contribution >= 0.6 is 0 Å². The van der Waals surface area contributed by atoms with Gasteiger partial charge in [-0.3, -0.25) is 0 Å². The van der Waals surface area contributed by atoms with Gasteiger partial charge in [-0.05, 0) is 20.8 Å². The summed E-state index contributed by atoms with van der Waals surface area (Å²) in [6, 6.07) is 1.61. The fourth-order valence-electron chi connectivity index (χ4n) is 2.27. The van der Waals surface area contributed by atoms with Crippen molar-refractivity contribution < 1.29 is 14.8 Å². The Morgan fingerprint density at radius 3 is 2.12 bits per heavy atom. The molecular formula is C13H25N2O2+. The van der Waals surface area contributed by atoms with E-state index in [9.17, 15) is 4.79 Å². The van der Waals surface area contributed by atoms with E-state index in [4.69, 9.17) is 4.74 Å². The lowest BCUT2D eigenvalue weighted by Gasteiger charge is -2.32. The Morgan fingerprint density at radius 1 is 1.12 bits per heavy atom. The summed E-state index contributed by atoms with van der Waals surface area (Å²) in [6.07, 6.45) is 4.83. The summed E-state index contributed by atoms with van der Waals surface area (Å²) in [6.45, 7) is 7.45. The largest absolute Gasteiger partial charge is 0.444 e. The Morgan fingerprint density at radius 2 is 1.65 bits per heavy atom. The van der Waals surface area contributed by atoms with Crippen molar-refractivity contribution >= 4 is 6.09 Å². The lowest BCUT2D eigenvalue weighted by Crippen LogP contribution is -2.92. The molecule has 2 rings (SSSR count). The lowest BCUT2D eigenvalue weighted by atomic mass is 10.1. The van der Waals surface area contributed by atoms with E-state index in [1.807, 2.05) is 25.7 Å². The van der Waals surface area contributed by atoms with Crippen LogP contribution in [0.25, 0.3) is 0 Å². The van der Waals surface area contributed by atoms with Gasteiger partial charge in [0.25, 0.3) is 0 Å². The smallest absolute Gasteiger partial charge is 0.410 e. The predicted octanol–water partition coefficient (Wildman–Crippen LogP) is 1.11. The third kappa shape index (κ3) is 4.19. The molecule has 4 heteroatoms. The minimum atomic E-state index is -0.381. The van der Waals surface area contributed by atoms with Crippen LogP contribution in [0.2, 0.25) is 0 Å². The minimum absolute atomic E-state index is 0.151. The lowest BCUT2D eigenvalue weighted by molar-refractivity contribution is -0.704. The molecule has 0 unspecified atom stereocenters. The van der Waals surface area contributed by atoms with Crippen LogP contribution in [-0.4, -0.2) is 41.8 Å². The molecule has 1 aliphatic heterocycles. The number of ether oxygens (including phenoxy) is 1. The van der Waals surface area contributed by atoms with E-state index in [1.165, 1.54) is 12.8 Å². The second-order valence-corrected chi connectivity index (χ2v) is 6.33. The third-order valence-electron chi connectivity index (χ3n) is 3.36. The predicted molar refractivity (Wildman–Crippen MR) is 65.8 cm³/mol. The van der Waals surface area contributed by atoms with Crippen LogP contribution < -0.4 is 5.32 Å².